The molecule has 7 heteroatoms. The van der Waals surface area contributed by atoms with Gasteiger partial charge in [0.1, 0.15) is 0 Å². The third kappa shape index (κ3) is 40.8. The van der Waals surface area contributed by atoms with Crippen LogP contribution in [-0.2, 0) is 33.3 Å². The molecule has 1 aliphatic rings. The predicted octanol–water partition coefficient (Wildman–Crippen LogP) is 15.2. The summed E-state index contributed by atoms with van der Waals surface area (Å²) in [5.74, 6) is -0.131. The fourth-order valence-corrected chi connectivity index (χ4v) is 6.81. The fraction of sp³-hybridized carbons (Fsp3) is 0.827. The molecule has 1 aromatic rings. The van der Waals surface area contributed by atoms with E-state index < -0.39 is 0 Å². The normalized spacial score (nSPS) is 14.1. The molecule has 344 valence electrons. The van der Waals surface area contributed by atoms with Gasteiger partial charge in [-0.05, 0) is 76.3 Å². The van der Waals surface area contributed by atoms with Gasteiger partial charge in [0, 0.05) is 19.3 Å². The lowest BCUT2D eigenvalue weighted by Gasteiger charge is -2.05. The third-order valence-electron chi connectivity index (χ3n) is 11.1. The van der Waals surface area contributed by atoms with Crippen LogP contribution in [0.3, 0.4) is 0 Å². The van der Waals surface area contributed by atoms with E-state index in [0.29, 0.717) is 51.3 Å². The Morgan fingerprint density at radius 3 is 1.03 bits per heavy atom. The van der Waals surface area contributed by atoms with Gasteiger partial charge in [-0.15, -0.1) is 0 Å². The zero-order valence-corrected chi connectivity index (χ0v) is 39.6. The number of rotatable bonds is 37. The lowest BCUT2D eigenvalue weighted by Crippen LogP contribution is -2.05. The number of esters is 3. The Kier molecular flexibility index (Phi) is 41.9. The van der Waals surface area contributed by atoms with E-state index in [1.165, 1.54) is 114 Å². The first-order valence-electron chi connectivity index (χ1n) is 24.9. The van der Waals surface area contributed by atoms with Gasteiger partial charge in [-0.2, -0.15) is 0 Å². The smallest absolute Gasteiger partial charge is 0.305 e. The summed E-state index contributed by atoms with van der Waals surface area (Å²) >= 11 is 0. The number of unbranched alkanes of at least 4 members (excludes halogenated alkanes) is 21. The molecule has 0 spiro atoms. The molecular formula is C52H94O7. The van der Waals surface area contributed by atoms with Gasteiger partial charge in [-0.25, -0.2) is 0 Å². The van der Waals surface area contributed by atoms with Crippen molar-refractivity contribution >= 4 is 17.9 Å². The number of aryl methyl sites for hydroxylation is 2. The predicted molar refractivity (Wildman–Crippen MR) is 248 cm³/mol. The van der Waals surface area contributed by atoms with E-state index in [0.717, 1.165) is 83.5 Å². The van der Waals surface area contributed by atoms with Crippen molar-refractivity contribution in [2.24, 2.45) is 0 Å². The lowest BCUT2D eigenvalue weighted by molar-refractivity contribution is -0.144. The van der Waals surface area contributed by atoms with Crippen LogP contribution in [0, 0.1) is 13.8 Å². The molecule has 2 atom stereocenters. The molecule has 59 heavy (non-hydrogen) atoms. The summed E-state index contributed by atoms with van der Waals surface area (Å²) in [5.41, 5.74) is 2.74. The van der Waals surface area contributed by atoms with E-state index in [-0.39, 0.29) is 17.9 Å². The standard InChI is InChI=1S/C26H50O3.C18H34O4.C8H10/c1-3-5-7-9-12-16-20-24-25(29-24)21-17-13-11-14-18-22-26(27)28-23-19-15-10-8-6-4-2;1-3-5-15-21-17(19)13-11-9-7-8-10-12-14-18(20)22-16-6-4-2;1-7-5-3-4-6-8(7)2/h24-25H,3-23H2,1-2H3;3-16H2,1-2H3;3-6H,1-2H3. The van der Waals surface area contributed by atoms with Crippen LogP contribution in [-0.4, -0.2) is 49.9 Å². The number of epoxide rings is 1. The van der Waals surface area contributed by atoms with Crippen LogP contribution in [0.15, 0.2) is 24.3 Å². The van der Waals surface area contributed by atoms with Crippen LogP contribution in [0.2, 0.25) is 0 Å². The molecule has 0 bridgehead atoms. The zero-order valence-electron chi connectivity index (χ0n) is 39.6. The van der Waals surface area contributed by atoms with Crippen molar-refractivity contribution in [3.8, 4) is 0 Å². The minimum atomic E-state index is -0.0664. The molecule has 0 radical (unpaired) electrons. The van der Waals surface area contributed by atoms with Crippen LogP contribution >= 0.6 is 0 Å². The highest BCUT2D eigenvalue weighted by Crippen LogP contribution is 2.32. The molecule has 2 unspecified atom stereocenters. The summed E-state index contributed by atoms with van der Waals surface area (Å²) in [5, 5.41) is 0. The summed E-state index contributed by atoms with van der Waals surface area (Å²) in [6.45, 7) is 14.6. The molecule has 7 nitrogen and oxygen atoms in total. The van der Waals surface area contributed by atoms with Crippen molar-refractivity contribution in [2.45, 2.75) is 259 Å². The van der Waals surface area contributed by atoms with Gasteiger partial charge < -0.3 is 18.9 Å². The maximum absolute atomic E-state index is 11.7. The van der Waals surface area contributed by atoms with Gasteiger partial charge >= 0.3 is 17.9 Å². The summed E-state index contributed by atoms with van der Waals surface area (Å²) in [6, 6.07) is 8.36. The molecule has 0 N–H and O–H groups in total. The maximum atomic E-state index is 11.7. The fourth-order valence-electron chi connectivity index (χ4n) is 6.81. The zero-order chi connectivity index (χ0) is 43.4. The highest BCUT2D eigenvalue weighted by molar-refractivity contribution is 5.69. The Bertz CT molecular complexity index is 1040. The van der Waals surface area contributed by atoms with Crippen molar-refractivity contribution in [2.75, 3.05) is 19.8 Å². The number of carbonyl (C=O) groups excluding carboxylic acids is 3. The maximum Gasteiger partial charge on any atom is 0.305 e. The minimum absolute atomic E-state index is 0.00229. The number of ether oxygens (including phenoxy) is 4. The monoisotopic (exact) mass is 831 g/mol. The lowest BCUT2D eigenvalue weighted by atomic mass is 10.0. The number of hydrogen-bond acceptors (Lipinski definition) is 7. The van der Waals surface area contributed by atoms with Crippen molar-refractivity contribution < 1.29 is 33.3 Å². The van der Waals surface area contributed by atoms with Gasteiger partial charge in [0.15, 0.2) is 0 Å². The van der Waals surface area contributed by atoms with E-state index in [1.54, 1.807) is 0 Å². The molecule has 0 aliphatic carbocycles. The molecule has 0 aromatic heterocycles. The second-order valence-corrected chi connectivity index (χ2v) is 16.9. The molecule has 2 rings (SSSR count). The third-order valence-corrected chi connectivity index (χ3v) is 11.1. The van der Waals surface area contributed by atoms with Gasteiger partial charge in [-0.3, -0.25) is 14.4 Å². The Labute approximate surface area is 364 Å². The Morgan fingerprint density at radius 2 is 0.695 bits per heavy atom. The SMILES string of the molecule is CCCCCCCCOC(=O)CCCCCCCC1OC1CCCCCCCC.CCCCOC(=O)CCCCCCCCC(=O)OCCCC.Cc1ccccc1C. The highest BCUT2D eigenvalue weighted by atomic mass is 16.6. The van der Waals surface area contributed by atoms with Crippen molar-refractivity contribution in [1.82, 2.24) is 0 Å². The number of hydrogen-bond donors (Lipinski definition) is 0. The van der Waals surface area contributed by atoms with E-state index in [1.807, 2.05) is 0 Å². The largest absolute Gasteiger partial charge is 0.466 e. The first-order valence-corrected chi connectivity index (χ1v) is 24.9. The van der Waals surface area contributed by atoms with E-state index in [4.69, 9.17) is 18.9 Å². The van der Waals surface area contributed by atoms with E-state index in [9.17, 15) is 14.4 Å². The molecule has 1 aromatic carbocycles. The molecule has 1 fully saturated rings. The molecular weight excluding hydrogens is 737 g/mol. The summed E-state index contributed by atoms with van der Waals surface area (Å²) in [7, 11) is 0. The molecule has 1 aliphatic heterocycles. The minimum Gasteiger partial charge on any atom is -0.466 e. The first kappa shape index (κ1) is 56.6. The number of carbonyl (C=O) groups is 3. The summed E-state index contributed by atoms with van der Waals surface area (Å²) < 4.78 is 21.4. The van der Waals surface area contributed by atoms with Crippen LogP contribution in [0.5, 0.6) is 0 Å². The van der Waals surface area contributed by atoms with Crippen LogP contribution in [0.1, 0.15) is 244 Å². The van der Waals surface area contributed by atoms with Gasteiger partial charge in [-0.1, -0.05) is 187 Å². The Balaban J connectivity index is 0.000000981. The van der Waals surface area contributed by atoms with Gasteiger partial charge in [0.2, 0.25) is 0 Å². The average molecular weight is 831 g/mol. The molecule has 1 saturated heterocycles. The second-order valence-electron chi connectivity index (χ2n) is 16.9. The second kappa shape index (κ2) is 43.7. The Morgan fingerprint density at radius 1 is 0.407 bits per heavy atom. The van der Waals surface area contributed by atoms with Crippen molar-refractivity contribution in [1.29, 1.82) is 0 Å². The first-order chi connectivity index (χ1) is 28.8. The van der Waals surface area contributed by atoms with Crippen molar-refractivity contribution in [3.05, 3.63) is 35.4 Å². The number of benzene rings is 1. The highest BCUT2D eigenvalue weighted by Gasteiger charge is 2.36. The van der Waals surface area contributed by atoms with Crippen LogP contribution < -0.4 is 0 Å². The molecule has 1 heterocycles. The Hall–Kier alpha value is -2.41. The molecule has 0 saturated carbocycles. The van der Waals surface area contributed by atoms with E-state index >= 15 is 0 Å². The summed E-state index contributed by atoms with van der Waals surface area (Å²) in [4.78, 5) is 34.4. The van der Waals surface area contributed by atoms with Crippen molar-refractivity contribution in [3.63, 3.8) is 0 Å². The van der Waals surface area contributed by atoms with E-state index in [2.05, 4.69) is 65.8 Å². The molecule has 0 amide bonds. The quantitative estimate of drug-likeness (QED) is 0.0285. The summed E-state index contributed by atoms with van der Waals surface area (Å²) in [6.07, 6.45) is 37.1. The van der Waals surface area contributed by atoms with Crippen LogP contribution in [0.4, 0.5) is 0 Å². The van der Waals surface area contributed by atoms with Crippen LogP contribution in [0.25, 0.3) is 0 Å². The van der Waals surface area contributed by atoms with Gasteiger partial charge in [0.25, 0.3) is 0 Å². The van der Waals surface area contributed by atoms with Gasteiger partial charge in [0.05, 0.1) is 32.0 Å². The average Bonchev–Trinajstić information content (AvgIpc) is 3.99. The topological polar surface area (TPSA) is 91.4 Å².